The number of nitrogens with one attached hydrogen (secondary N) is 3. The Bertz CT molecular complexity index is 999. The Morgan fingerprint density at radius 2 is 2.00 bits per heavy atom. The van der Waals surface area contributed by atoms with Crippen LogP contribution in [0.3, 0.4) is 0 Å². The highest BCUT2D eigenvalue weighted by molar-refractivity contribution is 6.01. The van der Waals surface area contributed by atoms with Crippen LogP contribution < -0.4 is 16.4 Å². The number of carbonyl (C=O) groups excluding carboxylic acids is 1. The van der Waals surface area contributed by atoms with Crippen molar-refractivity contribution in [1.82, 2.24) is 19.9 Å². The molecule has 0 bridgehead atoms. The molecule has 0 atom stereocenters. The fraction of sp³-hybridized carbons (Fsp3) is 0.111. The highest BCUT2D eigenvalue weighted by atomic mass is 16.1. The first-order valence-corrected chi connectivity index (χ1v) is 7.93. The van der Waals surface area contributed by atoms with Crippen molar-refractivity contribution in [1.29, 1.82) is 5.41 Å². The van der Waals surface area contributed by atoms with Gasteiger partial charge in [0.15, 0.2) is 5.65 Å². The van der Waals surface area contributed by atoms with Crippen molar-refractivity contribution >= 4 is 29.3 Å². The van der Waals surface area contributed by atoms with E-state index in [0.717, 1.165) is 23.0 Å². The van der Waals surface area contributed by atoms with Gasteiger partial charge in [-0.25, -0.2) is 9.50 Å². The summed E-state index contributed by atoms with van der Waals surface area (Å²) < 4.78 is 1.47. The topological polar surface area (TPSA) is 121 Å². The average molecular weight is 349 g/mol. The van der Waals surface area contributed by atoms with E-state index in [-0.39, 0.29) is 5.56 Å². The van der Waals surface area contributed by atoms with Gasteiger partial charge in [-0.15, -0.1) is 0 Å². The summed E-state index contributed by atoms with van der Waals surface area (Å²) >= 11 is 0. The summed E-state index contributed by atoms with van der Waals surface area (Å²) in [7, 11) is 0. The smallest absolute Gasteiger partial charge is 0.262 e. The van der Waals surface area contributed by atoms with Gasteiger partial charge in [-0.05, 0) is 49.2 Å². The summed E-state index contributed by atoms with van der Waals surface area (Å²) in [5, 5.41) is 17.3. The molecule has 3 rings (SSSR count). The number of allylic oxidation sites excluding steroid dienone is 1. The summed E-state index contributed by atoms with van der Waals surface area (Å²) in [6.45, 7) is 3.98. The molecule has 0 radical (unpaired) electrons. The van der Waals surface area contributed by atoms with Crippen LogP contribution in [0.25, 0.3) is 5.65 Å². The molecule has 0 aliphatic carbocycles. The van der Waals surface area contributed by atoms with Crippen LogP contribution >= 0.6 is 0 Å². The van der Waals surface area contributed by atoms with Gasteiger partial charge in [0.2, 0.25) is 0 Å². The monoisotopic (exact) mass is 349 g/mol. The summed E-state index contributed by atoms with van der Waals surface area (Å²) in [5.74, 6) is 0.275. The van der Waals surface area contributed by atoms with Crippen LogP contribution in [-0.2, 0) is 0 Å². The predicted molar refractivity (Wildman–Crippen MR) is 101 cm³/mol. The zero-order chi connectivity index (χ0) is 18.7. The molecule has 2 aromatic heterocycles. The van der Waals surface area contributed by atoms with Crippen molar-refractivity contribution in [2.75, 3.05) is 11.1 Å². The van der Waals surface area contributed by atoms with Crippen molar-refractivity contribution in [3.63, 3.8) is 0 Å². The molecule has 5 N–H and O–H groups in total. The zero-order valence-corrected chi connectivity index (χ0v) is 14.4. The van der Waals surface area contributed by atoms with Crippen molar-refractivity contribution < 1.29 is 4.79 Å². The van der Waals surface area contributed by atoms with Gasteiger partial charge < -0.3 is 21.8 Å². The molecule has 26 heavy (non-hydrogen) atoms. The van der Waals surface area contributed by atoms with Gasteiger partial charge in [0.05, 0.1) is 6.20 Å². The quantitative estimate of drug-likeness (QED) is 0.526. The normalized spacial score (nSPS) is 11.4. The fourth-order valence-electron chi connectivity index (χ4n) is 2.63. The number of hydrogen-bond donors (Lipinski definition) is 4. The van der Waals surface area contributed by atoms with Crippen LogP contribution in [0.5, 0.6) is 0 Å². The molecule has 0 unspecified atom stereocenters. The highest BCUT2D eigenvalue weighted by Gasteiger charge is 2.15. The Morgan fingerprint density at radius 1 is 1.27 bits per heavy atom. The van der Waals surface area contributed by atoms with Crippen molar-refractivity contribution in [3.8, 4) is 0 Å². The van der Waals surface area contributed by atoms with Gasteiger partial charge in [0.1, 0.15) is 17.2 Å². The molecule has 8 nitrogen and oxygen atoms in total. The third-order valence-electron chi connectivity index (χ3n) is 3.63. The van der Waals surface area contributed by atoms with E-state index in [0.29, 0.717) is 17.3 Å². The predicted octanol–water partition coefficient (Wildman–Crippen LogP) is 2.26. The second-order valence-electron chi connectivity index (χ2n) is 5.88. The van der Waals surface area contributed by atoms with Crippen molar-refractivity contribution in [2.45, 2.75) is 13.8 Å². The van der Waals surface area contributed by atoms with E-state index >= 15 is 0 Å². The fourth-order valence-corrected chi connectivity index (χ4v) is 2.63. The Labute approximate surface area is 150 Å². The van der Waals surface area contributed by atoms with E-state index in [4.69, 9.17) is 11.1 Å². The second kappa shape index (κ2) is 7.06. The van der Waals surface area contributed by atoms with Crippen LogP contribution in [0, 0.1) is 19.3 Å². The molecule has 0 aliphatic rings. The van der Waals surface area contributed by atoms with Gasteiger partial charge >= 0.3 is 0 Å². The lowest BCUT2D eigenvalue weighted by Gasteiger charge is -2.13. The highest BCUT2D eigenvalue weighted by Crippen LogP contribution is 2.16. The lowest BCUT2D eigenvalue weighted by molar-refractivity contribution is 0.0968. The summed E-state index contributed by atoms with van der Waals surface area (Å²) in [4.78, 5) is 16.8. The first-order valence-electron chi connectivity index (χ1n) is 7.93. The number of fused-ring (bicyclic) bond motifs is 1. The van der Waals surface area contributed by atoms with Gasteiger partial charge in [-0.3, -0.25) is 4.79 Å². The number of aryl methyl sites for hydroxylation is 2. The molecule has 0 spiro atoms. The van der Waals surface area contributed by atoms with Gasteiger partial charge in [-0.2, -0.15) is 5.10 Å². The van der Waals surface area contributed by atoms with Crippen LogP contribution in [0.1, 0.15) is 21.5 Å². The van der Waals surface area contributed by atoms with E-state index < -0.39 is 5.91 Å². The molecular weight excluding hydrogens is 330 g/mol. The zero-order valence-electron chi connectivity index (χ0n) is 14.4. The SMILES string of the molecule is Cc1cc(C)cc(N/C(=C\C=N)NC(=O)c2cnn3ccc(N)nc23)c1. The largest absolute Gasteiger partial charge is 0.384 e. The van der Waals surface area contributed by atoms with Crippen molar-refractivity contribution in [2.24, 2.45) is 0 Å². The molecule has 1 aromatic carbocycles. The number of anilines is 2. The molecule has 8 heteroatoms. The minimum atomic E-state index is -0.400. The van der Waals surface area contributed by atoms with Gasteiger partial charge in [-0.1, -0.05) is 6.07 Å². The maximum atomic E-state index is 12.6. The lowest BCUT2D eigenvalue weighted by atomic mass is 10.1. The Hall–Kier alpha value is -3.68. The Kier molecular flexibility index (Phi) is 4.66. The molecule has 0 aliphatic heterocycles. The van der Waals surface area contributed by atoms with Crippen molar-refractivity contribution in [3.05, 3.63) is 65.2 Å². The third-order valence-corrected chi connectivity index (χ3v) is 3.63. The number of aromatic nitrogens is 3. The number of nitrogens with zero attached hydrogens (tertiary/aromatic N) is 3. The third kappa shape index (κ3) is 3.69. The maximum absolute atomic E-state index is 12.6. The Balaban J connectivity index is 1.85. The first kappa shape index (κ1) is 17.2. The molecule has 0 saturated carbocycles. The molecule has 3 aromatic rings. The molecule has 0 saturated heterocycles. The maximum Gasteiger partial charge on any atom is 0.262 e. The molecule has 0 fully saturated rings. The number of hydrogen-bond acceptors (Lipinski definition) is 6. The minimum absolute atomic E-state index is 0.287. The summed E-state index contributed by atoms with van der Waals surface area (Å²) in [5.41, 5.74) is 9.35. The minimum Gasteiger partial charge on any atom is -0.384 e. The van der Waals surface area contributed by atoms with Crippen LogP contribution in [0.2, 0.25) is 0 Å². The van der Waals surface area contributed by atoms with Crippen LogP contribution in [0.4, 0.5) is 11.5 Å². The summed E-state index contributed by atoms with van der Waals surface area (Å²) in [6.07, 6.45) is 5.62. The molecule has 2 heterocycles. The summed E-state index contributed by atoms with van der Waals surface area (Å²) in [6, 6.07) is 7.56. The van der Waals surface area contributed by atoms with Gasteiger partial charge in [0.25, 0.3) is 5.91 Å². The average Bonchev–Trinajstić information content (AvgIpc) is 2.97. The molecule has 1 amide bonds. The number of rotatable bonds is 5. The van der Waals surface area contributed by atoms with E-state index in [1.54, 1.807) is 12.3 Å². The number of nitrogen functional groups attached to an aromatic ring is 1. The lowest BCUT2D eigenvalue weighted by Crippen LogP contribution is -2.27. The Morgan fingerprint density at radius 3 is 2.69 bits per heavy atom. The van der Waals surface area contributed by atoms with E-state index in [9.17, 15) is 4.79 Å². The van der Waals surface area contributed by atoms with Gasteiger partial charge in [0, 0.05) is 18.1 Å². The molecular formula is C18H19N7O. The van der Waals surface area contributed by atoms with Crippen LogP contribution in [-0.4, -0.2) is 26.7 Å². The number of benzene rings is 1. The second-order valence-corrected chi connectivity index (χ2v) is 5.88. The van der Waals surface area contributed by atoms with E-state index in [1.807, 2.05) is 26.0 Å². The number of carbonyl (C=O) groups is 1. The first-order chi connectivity index (χ1) is 12.5. The number of nitrogens with two attached hydrogens (primary N) is 1. The standard InChI is InChI=1S/C18H19N7O/c1-11-7-12(2)9-13(8-11)22-16(3-5-19)24-18(26)14-10-21-25-6-4-15(20)23-17(14)25/h3-10,19,22H,1-2H3,(H2,20,23)(H,24,26)/b16-3+,19-5?. The molecule has 132 valence electrons. The van der Waals surface area contributed by atoms with E-state index in [2.05, 4.69) is 26.8 Å². The number of amides is 1. The van der Waals surface area contributed by atoms with E-state index in [1.165, 1.54) is 16.8 Å². The van der Waals surface area contributed by atoms with Crippen LogP contribution in [0.15, 0.2) is 48.6 Å².